The predicted octanol–water partition coefficient (Wildman–Crippen LogP) is 1.28. The van der Waals surface area contributed by atoms with E-state index < -0.39 is 32.7 Å². The minimum Gasteiger partial charge on any atom is -0.383 e. The van der Waals surface area contributed by atoms with E-state index in [1.807, 2.05) is 0 Å². The second-order valence-corrected chi connectivity index (χ2v) is 7.32. The van der Waals surface area contributed by atoms with Gasteiger partial charge in [-0.2, -0.15) is 4.72 Å². The van der Waals surface area contributed by atoms with Gasteiger partial charge in [0.05, 0.1) is 6.61 Å². The Balaban J connectivity index is 2.95. The third-order valence-electron chi connectivity index (χ3n) is 3.16. The molecule has 0 aliphatic carbocycles. The van der Waals surface area contributed by atoms with E-state index in [1.165, 1.54) is 19.2 Å². The summed E-state index contributed by atoms with van der Waals surface area (Å²) in [5.41, 5.74) is 0. The quantitative estimate of drug-likeness (QED) is 0.743. The van der Waals surface area contributed by atoms with Crippen LogP contribution in [0.3, 0.4) is 0 Å². The van der Waals surface area contributed by atoms with Crippen molar-refractivity contribution in [2.24, 2.45) is 5.92 Å². The Morgan fingerprint density at radius 2 is 1.87 bits per heavy atom. The lowest BCUT2D eigenvalue weighted by Crippen LogP contribution is -2.52. The van der Waals surface area contributed by atoms with Crippen LogP contribution in [0.15, 0.2) is 29.2 Å². The molecule has 0 fully saturated rings. The summed E-state index contributed by atoms with van der Waals surface area (Å²) in [7, 11) is -2.64. The van der Waals surface area contributed by atoms with E-state index in [0.717, 1.165) is 12.1 Å². The standard InChI is InChI=1S/C15H23FN2O4S/c1-10(2)14(15(19)17-11(3)9-22-4)18-23(20,21)13-8-6-5-7-12(13)16/h5-8,10-11,14,18H,9H2,1-4H3,(H,17,19)/t11?,14-/m0/s1. The molecule has 0 aliphatic heterocycles. The normalized spacial score (nSPS) is 14.5. The van der Waals surface area contributed by atoms with Crippen LogP contribution in [0.2, 0.25) is 0 Å². The molecule has 0 radical (unpaired) electrons. The summed E-state index contributed by atoms with van der Waals surface area (Å²) in [5, 5.41) is 2.67. The van der Waals surface area contributed by atoms with Crippen molar-refractivity contribution in [3.05, 3.63) is 30.1 Å². The van der Waals surface area contributed by atoms with Crippen molar-refractivity contribution < 1.29 is 22.3 Å². The summed E-state index contributed by atoms with van der Waals surface area (Å²) in [6, 6.07) is 3.74. The molecule has 1 amide bonds. The van der Waals surface area contributed by atoms with Crippen LogP contribution >= 0.6 is 0 Å². The molecule has 1 unspecified atom stereocenters. The SMILES string of the molecule is COCC(C)NC(=O)[C@@H](NS(=O)(=O)c1ccccc1F)C(C)C. The van der Waals surface area contributed by atoms with Crippen molar-refractivity contribution in [3.63, 3.8) is 0 Å². The first kappa shape index (κ1) is 19.5. The first-order valence-electron chi connectivity index (χ1n) is 7.25. The van der Waals surface area contributed by atoms with Crippen LogP contribution in [0.4, 0.5) is 4.39 Å². The highest BCUT2D eigenvalue weighted by molar-refractivity contribution is 7.89. The molecule has 0 saturated carbocycles. The number of hydrogen-bond donors (Lipinski definition) is 2. The van der Waals surface area contributed by atoms with Gasteiger partial charge in [-0.25, -0.2) is 12.8 Å². The van der Waals surface area contributed by atoms with Crippen LogP contribution in [0.5, 0.6) is 0 Å². The second kappa shape index (κ2) is 8.37. The maximum atomic E-state index is 13.7. The summed E-state index contributed by atoms with van der Waals surface area (Å²) in [6.07, 6.45) is 0. The first-order valence-corrected chi connectivity index (χ1v) is 8.73. The largest absolute Gasteiger partial charge is 0.383 e. The highest BCUT2D eigenvalue weighted by atomic mass is 32.2. The van der Waals surface area contributed by atoms with Gasteiger partial charge in [0, 0.05) is 13.2 Å². The number of sulfonamides is 1. The van der Waals surface area contributed by atoms with Gasteiger partial charge in [0.15, 0.2) is 0 Å². The molecule has 0 bridgehead atoms. The van der Waals surface area contributed by atoms with Crippen molar-refractivity contribution in [2.45, 2.75) is 37.8 Å². The summed E-state index contributed by atoms with van der Waals surface area (Å²) in [4.78, 5) is 11.8. The Bertz CT molecular complexity index is 634. The Hall–Kier alpha value is -1.51. The van der Waals surface area contributed by atoms with Crippen LogP contribution in [-0.4, -0.2) is 40.1 Å². The van der Waals surface area contributed by atoms with Gasteiger partial charge >= 0.3 is 0 Å². The van der Waals surface area contributed by atoms with Crippen LogP contribution in [-0.2, 0) is 19.6 Å². The number of hydrogen-bond acceptors (Lipinski definition) is 4. The third-order valence-corrected chi connectivity index (χ3v) is 4.64. The van der Waals surface area contributed by atoms with Crippen LogP contribution in [0.25, 0.3) is 0 Å². The van der Waals surface area contributed by atoms with Crippen LogP contribution in [0, 0.1) is 11.7 Å². The molecule has 0 aliphatic rings. The van der Waals surface area contributed by atoms with E-state index in [4.69, 9.17) is 4.74 Å². The lowest BCUT2D eigenvalue weighted by molar-refractivity contribution is -0.124. The lowest BCUT2D eigenvalue weighted by Gasteiger charge is -2.23. The second-order valence-electron chi connectivity index (χ2n) is 5.64. The molecule has 0 saturated heterocycles. The Morgan fingerprint density at radius 1 is 1.26 bits per heavy atom. The van der Waals surface area contributed by atoms with Crippen LogP contribution < -0.4 is 10.0 Å². The summed E-state index contributed by atoms with van der Waals surface area (Å²) >= 11 is 0. The van der Waals surface area contributed by atoms with Gasteiger partial charge < -0.3 is 10.1 Å². The average Bonchev–Trinajstić information content (AvgIpc) is 2.44. The molecule has 2 N–H and O–H groups in total. The van der Waals surface area contributed by atoms with Crippen molar-refractivity contribution in [1.29, 1.82) is 0 Å². The Kier molecular flexibility index (Phi) is 7.11. The van der Waals surface area contributed by atoms with E-state index in [1.54, 1.807) is 20.8 Å². The molecular formula is C15H23FN2O4S. The average molecular weight is 346 g/mol. The van der Waals surface area contributed by atoms with Gasteiger partial charge in [-0.3, -0.25) is 4.79 Å². The predicted molar refractivity (Wildman–Crippen MR) is 84.8 cm³/mol. The molecule has 8 heteroatoms. The fourth-order valence-electron chi connectivity index (χ4n) is 2.01. The zero-order chi connectivity index (χ0) is 17.6. The fraction of sp³-hybridized carbons (Fsp3) is 0.533. The van der Waals surface area contributed by atoms with Gasteiger partial charge in [-0.05, 0) is 25.0 Å². The van der Waals surface area contributed by atoms with E-state index in [0.29, 0.717) is 6.61 Å². The smallest absolute Gasteiger partial charge is 0.244 e. The zero-order valence-electron chi connectivity index (χ0n) is 13.7. The topological polar surface area (TPSA) is 84.5 Å². The first-order chi connectivity index (χ1) is 10.7. The maximum Gasteiger partial charge on any atom is 0.244 e. The summed E-state index contributed by atoms with van der Waals surface area (Å²) < 4.78 is 45.6. The highest BCUT2D eigenvalue weighted by Gasteiger charge is 2.30. The van der Waals surface area contributed by atoms with Crippen LogP contribution in [0.1, 0.15) is 20.8 Å². The van der Waals surface area contributed by atoms with Gasteiger partial charge in [0.1, 0.15) is 16.8 Å². The molecule has 2 atom stereocenters. The number of carbonyl (C=O) groups excluding carboxylic acids is 1. The van der Waals surface area contributed by atoms with E-state index in [9.17, 15) is 17.6 Å². The van der Waals surface area contributed by atoms with Crippen molar-refractivity contribution in [3.8, 4) is 0 Å². The van der Waals surface area contributed by atoms with Gasteiger partial charge in [-0.15, -0.1) is 0 Å². The Labute approximate surface area is 136 Å². The summed E-state index contributed by atoms with van der Waals surface area (Å²) in [6.45, 7) is 5.45. The molecule has 0 aromatic heterocycles. The monoisotopic (exact) mass is 346 g/mol. The van der Waals surface area contributed by atoms with Crippen molar-refractivity contribution in [2.75, 3.05) is 13.7 Å². The molecular weight excluding hydrogens is 323 g/mol. The molecule has 130 valence electrons. The number of rotatable bonds is 8. The van der Waals surface area contributed by atoms with Gasteiger partial charge in [0.25, 0.3) is 0 Å². The molecule has 1 rings (SSSR count). The van der Waals surface area contributed by atoms with Gasteiger partial charge in [0.2, 0.25) is 15.9 Å². The fourth-order valence-corrected chi connectivity index (χ4v) is 3.43. The third kappa shape index (κ3) is 5.56. The summed E-state index contributed by atoms with van der Waals surface area (Å²) in [5.74, 6) is -1.66. The number of ether oxygens (including phenoxy) is 1. The molecule has 0 heterocycles. The number of methoxy groups -OCH3 is 1. The Morgan fingerprint density at radius 3 is 2.39 bits per heavy atom. The number of benzene rings is 1. The number of nitrogens with one attached hydrogen (secondary N) is 2. The highest BCUT2D eigenvalue weighted by Crippen LogP contribution is 2.15. The molecule has 0 spiro atoms. The zero-order valence-corrected chi connectivity index (χ0v) is 14.5. The van der Waals surface area contributed by atoms with Crippen molar-refractivity contribution in [1.82, 2.24) is 10.0 Å². The van der Waals surface area contributed by atoms with E-state index in [-0.39, 0.29) is 12.0 Å². The molecule has 1 aromatic carbocycles. The van der Waals surface area contributed by atoms with Crippen molar-refractivity contribution >= 4 is 15.9 Å². The number of halogens is 1. The van der Waals surface area contributed by atoms with E-state index >= 15 is 0 Å². The molecule has 6 nitrogen and oxygen atoms in total. The van der Waals surface area contributed by atoms with Gasteiger partial charge in [-0.1, -0.05) is 26.0 Å². The number of carbonyl (C=O) groups is 1. The van der Waals surface area contributed by atoms with E-state index in [2.05, 4.69) is 10.0 Å². The lowest BCUT2D eigenvalue weighted by atomic mass is 10.0. The minimum absolute atomic E-state index is 0.272. The molecule has 23 heavy (non-hydrogen) atoms. The maximum absolute atomic E-state index is 13.7. The minimum atomic E-state index is -4.15. The molecule has 1 aromatic rings. The number of amides is 1.